The second-order valence-electron chi connectivity index (χ2n) is 4.05. The standard InChI is InChI=1S/C11H9N3O4/c15-8-4-14-10-6(12-8)2-1-3-7(10)13(11(14)18)5-9(16)17/h1-3H,4-5H2,(H,12,15)(H,16,17)/p-1. The zero-order valence-corrected chi connectivity index (χ0v) is 9.17. The maximum Gasteiger partial charge on any atom is 0.330 e. The van der Waals surface area contributed by atoms with Gasteiger partial charge in [-0.2, -0.15) is 0 Å². The molecular weight excluding hydrogens is 238 g/mol. The Morgan fingerprint density at radius 2 is 2.17 bits per heavy atom. The van der Waals surface area contributed by atoms with Crippen LogP contribution in [-0.4, -0.2) is 21.0 Å². The zero-order valence-electron chi connectivity index (χ0n) is 9.17. The number of carboxylic acid groups (broad SMARTS) is 1. The zero-order chi connectivity index (χ0) is 12.9. The van der Waals surface area contributed by atoms with Crippen LogP contribution in [0.25, 0.3) is 11.0 Å². The van der Waals surface area contributed by atoms with Gasteiger partial charge in [0.2, 0.25) is 5.91 Å². The second kappa shape index (κ2) is 3.46. The molecule has 1 aromatic carbocycles. The van der Waals surface area contributed by atoms with Crippen LogP contribution in [0.15, 0.2) is 23.0 Å². The van der Waals surface area contributed by atoms with Gasteiger partial charge in [0.25, 0.3) is 0 Å². The van der Waals surface area contributed by atoms with Crippen LogP contribution < -0.4 is 16.1 Å². The average molecular weight is 246 g/mol. The summed E-state index contributed by atoms with van der Waals surface area (Å²) in [5, 5.41) is 13.3. The first kappa shape index (κ1) is 10.6. The average Bonchev–Trinajstić information content (AvgIpc) is 2.56. The van der Waals surface area contributed by atoms with E-state index in [1.165, 1.54) is 4.57 Å². The van der Waals surface area contributed by atoms with E-state index in [4.69, 9.17) is 0 Å². The molecule has 0 saturated heterocycles. The minimum absolute atomic E-state index is 0.105. The predicted molar refractivity (Wildman–Crippen MR) is 59.8 cm³/mol. The molecule has 0 aliphatic carbocycles. The number of hydrogen-bond acceptors (Lipinski definition) is 4. The minimum atomic E-state index is -1.35. The van der Waals surface area contributed by atoms with Crippen molar-refractivity contribution in [3.05, 3.63) is 28.7 Å². The van der Waals surface area contributed by atoms with E-state index in [0.29, 0.717) is 16.7 Å². The number of anilines is 1. The Morgan fingerprint density at radius 1 is 1.39 bits per heavy atom. The first-order valence-corrected chi connectivity index (χ1v) is 5.29. The molecule has 7 heteroatoms. The highest BCUT2D eigenvalue weighted by Crippen LogP contribution is 2.25. The van der Waals surface area contributed by atoms with Crippen LogP contribution in [-0.2, 0) is 22.7 Å². The van der Waals surface area contributed by atoms with Gasteiger partial charge in [0.05, 0.1) is 29.2 Å². The molecule has 18 heavy (non-hydrogen) atoms. The van der Waals surface area contributed by atoms with E-state index in [1.807, 2.05) is 0 Å². The van der Waals surface area contributed by atoms with Crippen LogP contribution in [0.5, 0.6) is 0 Å². The van der Waals surface area contributed by atoms with Gasteiger partial charge in [-0.1, -0.05) is 6.07 Å². The van der Waals surface area contributed by atoms with Crippen LogP contribution >= 0.6 is 0 Å². The highest BCUT2D eigenvalue weighted by Gasteiger charge is 2.22. The molecule has 1 amide bonds. The highest BCUT2D eigenvalue weighted by atomic mass is 16.4. The lowest BCUT2D eigenvalue weighted by atomic mass is 10.2. The SMILES string of the molecule is O=C([O-])Cn1c(=O)n2c3c(cccc31)NC(=O)C2. The molecule has 0 unspecified atom stereocenters. The smallest absolute Gasteiger partial charge is 0.330 e. The lowest BCUT2D eigenvalue weighted by molar-refractivity contribution is -0.306. The van der Waals surface area contributed by atoms with Gasteiger partial charge in [-0.25, -0.2) is 4.79 Å². The Hall–Kier alpha value is -2.57. The van der Waals surface area contributed by atoms with Gasteiger partial charge in [0.15, 0.2) is 0 Å². The molecule has 92 valence electrons. The van der Waals surface area contributed by atoms with E-state index in [2.05, 4.69) is 5.32 Å². The van der Waals surface area contributed by atoms with Gasteiger partial charge in [-0.3, -0.25) is 13.9 Å². The number of hydrogen-bond donors (Lipinski definition) is 1. The Bertz CT molecular complexity index is 741. The van der Waals surface area contributed by atoms with Crippen molar-refractivity contribution < 1.29 is 14.7 Å². The van der Waals surface area contributed by atoms with E-state index >= 15 is 0 Å². The quantitative estimate of drug-likeness (QED) is 0.697. The third-order valence-corrected chi connectivity index (χ3v) is 2.90. The highest BCUT2D eigenvalue weighted by molar-refractivity contribution is 6.03. The molecule has 0 spiro atoms. The number of nitrogens with zero attached hydrogens (tertiary/aromatic N) is 2. The number of amides is 1. The first-order valence-electron chi connectivity index (χ1n) is 5.29. The van der Waals surface area contributed by atoms with Crippen LogP contribution in [0.4, 0.5) is 5.69 Å². The van der Waals surface area contributed by atoms with Crippen LogP contribution in [0.1, 0.15) is 0 Å². The van der Waals surface area contributed by atoms with Crippen LogP contribution in [0.2, 0.25) is 0 Å². The number of para-hydroxylation sites is 1. The summed E-state index contributed by atoms with van der Waals surface area (Å²) in [6.45, 7) is -0.633. The van der Waals surface area contributed by atoms with Crippen molar-refractivity contribution in [2.75, 3.05) is 5.32 Å². The Balaban J connectivity index is 2.38. The molecular formula is C11H8N3O4-. The van der Waals surface area contributed by atoms with E-state index in [9.17, 15) is 19.5 Å². The fraction of sp³-hybridized carbons (Fsp3) is 0.182. The summed E-state index contributed by atoms with van der Waals surface area (Å²) >= 11 is 0. The number of carboxylic acids is 1. The van der Waals surface area contributed by atoms with Crippen molar-refractivity contribution in [3.63, 3.8) is 0 Å². The monoisotopic (exact) mass is 246 g/mol. The summed E-state index contributed by atoms with van der Waals surface area (Å²) in [6.07, 6.45) is 0. The Kier molecular flexibility index (Phi) is 2.03. The molecule has 2 aromatic rings. The van der Waals surface area contributed by atoms with E-state index in [-0.39, 0.29) is 12.5 Å². The first-order chi connectivity index (χ1) is 8.58. The number of carbonyl (C=O) groups excluding carboxylic acids is 2. The van der Waals surface area contributed by atoms with Gasteiger partial charge in [-0.15, -0.1) is 0 Å². The largest absolute Gasteiger partial charge is 0.548 e. The van der Waals surface area contributed by atoms with Gasteiger partial charge in [0.1, 0.15) is 6.54 Å². The molecule has 2 heterocycles. The summed E-state index contributed by atoms with van der Waals surface area (Å²) < 4.78 is 2.36. The number of aliphatic carboxylic acids is 1. The van der Waals surface area contributed by atoms with Crippen molar-refractivity contribution in [2.24, 2.45) is 0 Å². The lowest BCUT2D eigenvalue weighted by Gasteiger charge is -2.14. The van der Waals surface area contributed by atoms with Gasteiger partial charge in [-0.05, 0) is 12.1 Å². The summed E-state index contributed by atoms with van der Waals surface area (Å²) in [6, 6.07) is 4.95. The lowest BCUT2D eigenvalue weighted by Crippen LogP contribution is -2.35. The van der Waals surface area contributed by atoms with Crippen molar-refractivity contribution in [1.29, 1.82) is 0 Å². The maximum atomic E-state index is 12.0. The number of nitrogens with one attached hydrogen (secondary N) is 1. The molecule has 1 aliphatic rings. The van der Waals surface area contributed by atoms with Crippen LogP contribution in [0, 0.1) is 0 Å². The number of imidazole rings is 1. The topological polar surface area (TPSA) is 96.2 Å². The van der Waals surface area contributed by atoms with E-state index in [0.717, 1.165) is 4.57 Å². The molecule has 0 radical (unpaired) electrons. The summed E-state index contributed by atoms with van der Waals surface area (Å²) in [5.41, 5.74) is 1.01. The number of rotatable bonds is 2. The molecule has 0 atom stereocenters. The summed E-state index contributed by atoms with van der Waals surface area (Å²) in [7, 11) is 0. The normalized spacial score (nSPS) is 13.7. The second-order valence-corrected chi connectivity index (χ2v) is 4.05. The Labute approximate surface area is 100 Å². The Morgan fingerprint density at radius 3 is 2.89 bits per heavy atom. The minimum Gasteiger partial charge on any atom is -0.548 e. The van der Waals surface area contributed by atoms with Crippen molar-refractivity contribution in [3.8, 4) is 0 Å². The molecule has 0 fully saturated rings. The predicted octanol–water partition coefficient (Wildman–Crippen LogP) is -1.49. The molecule has 7 nitrogen and oxygen atoms in total. The van der Waals surface area contributed by atoms with Gasteiger partial charge < -0.3 is 15.2 Å². The molecule has 3 rings (SSSR count). The molecule has 1 N–H and O–H groups in total. The van der Waals surface area contributed by atoms with E-state index in [1.54, 1.807) is 18.2 Å². The summed E-state index contributed by atoms with van der Waals surface area (Å²) in [4.78, 5) is 34.1. The molecule has 1 aromatic heterocycles. The molecule has 1 aliphatic heterocycles. The third-order valence-electron chi connectivity index (χ3n) is 2.90. The van der Waals surface area contributed by atoms with Crippen LogP contribution in [0.3, 0.4) is 0 Å². The fourth-order valence-corrected chi connectivity index (χ4v) is 2.24. The van der Waals surface area contributed by atoms with Crippen molar-refractivity contribution in [1.82, 2.24) is 9.13 Å². The van der Waals surface area contributed by atoms with Gasteiger partial charge in [0, 0.05) is 0 Å². The van der Waals surface area contributed by atoms with E-state index < -0.39 is 18.2 Å². The van der Waals surface area contributed by atoms with Crippen molar-refractivity contribution in [2.45, 2.75) is 13.1 Å². The maximum absolute atomic E-state index is 12.0. The molecule has 0 saturated carbocycles. The number of benzene rings is 1. The fourth-order valence-electron chi connectivity index (χ4n) is 2.24. The third kappa shape index (κ3) is 1.33. The molecule has 0 bridgehead atoms. The van der Waals surface area contributed by atoms with Crippen molar-refractivity contribution >= 4 is 28.6 Å². The number of carbonyl (C=O) groups is 2. The van der Waals surface area contributed by atoms with Gasteiger partial charge >= 0.3 is 5.69 Å². The number of aromatic nitrogens is 2. The summed E-state index contributed by atoms with van der Waals surface area (Å²) in [5.74, 6) is -1.65.